The zero-order valence-corrected chi connectivity index (χ0v) is 11.5. The summed E-state index contributed by atoms with van der Waals surface area (Å²) in [7, 11) is 0. The van der Waals surface area contributed by atoms with Gasteiger partial charge in [0.15, 0.2) is 0 Å². The van der Waals surface area contributed by atoms with E-state index < -0.39 is 0 Å². The second-order valence-electron chi connectivity index (χ2n) is 4.49. The Bertz CT molecular complexity index is 481. The van der Waals surface area contributed by atoms with Crippen LogP contribution in [0.3, 0.4) is 0 Å². The fourth-order valence-electron chi connectivity index (χ4n) is 2.07. The molecule has 3 nitrogen and oxygen atoms in total. The van der Waals surface area contributed by atoms with Crippen molar-refractivity contribution in [2.75, 3.05) is 0 Å². The van der Waals surface area contributed by atoms with E-state index in [1.807, 2.05) is 22.9 Å². The van der Waals surface area contributed by atoms with Crippen LogP contribution in [0, 0.1) is 5.92 Å². The van der Waals surface area contributed by atoms with E-state index in [1.54, 1.807) is 6.33 Å². The van der Waals surface area contributed by atoms with Gasteiger partial charge in [-0.2, -0.15) is 5.10 Å². The van der Waals surface area contributed by atoms with Crippen LogP contribution in [0.15, 0.2) is 36.7 Å². The van der Waals surface area contributed by atoms with Gasteiger partial charge in [-0.05, 0) is 18.4 Å². The molecule has 1 heterocycles. The Balaban J connectivity index is 2.06. The molecule has 0 N–H and O–H groups in total. The Labute approximate surface area is 113 Å². The van der Waals surface area contributed by atoms with Gasteiger partial charge in [0.25, 0.3) is 0 Å². The number of hydrogen-bond acceptors (Lipinski definition) is 2. The topological polar surface area (TPSA) is 30.7 Å². The average Bonchev–Trinajstić information content (AvgIpc) is 2.86. The molecule has 0 radical (unpaired) electrons. The molecule has 2 atom stereocenters. The monoisotopic (exact) mass is 263 g/mol. The Hall–Kier alpha value is -1.35. The number of benzene rings is 1. The van der Waals surface area contributed by atoms with Crippen LogP contribution in [0.5, 0.6) is 0 Å². The lowest BCUT2D eigenvalue weighted by atomic mass is 9.97. The van der Waals surface area contributed by atoms with Crippen molar-refractivity contribution in [1.29, 1.82) is 0 Å². The maximum absolute atomic E-state index is 6.51. The first-order valence-corrected chi connectivity index (χ1v) is 6.71. The lowest BCUT2D eigenvalue weighted by molar-refractivity contribution is 0.508. The van der Waals surface area contributed by atoms with Gasteiger partial charge in [-0.1, -0.05) is 37.3 Å². The zero-order chi connectivity index (χ0) is 13.0. The van der Waals surface area contributed by atoms with Gasteiger partial charge in [0.1, 0.15) is 12.2 Å². The van der Waals surface area contributed by atoms with E-state index in [0.29, 0.717) is 5.92 Å². The van der Waals surface area contributed by atoms with Crippen LogP contribution in [0.25, 0.3) is 0 Å². The minimum Gasteiger partial charge on any atom is -0.250 e. The van der Waals surface area contributed by atoms with Gasteiger partial charge in [0.2, 0.25) is 0 Å². The number of hydrogen-bond donors (Lipinski definition) is 0. The van der Waals surface area contributed by atoms with Crippen molar-refractivity contribution < 1.29 is 0 Å². The average molecular weight is 264 g/mol. The highest BCUT2D eigenvalue weighted by Gasteiger charge is 2.19. The highest BCUT2D eigenvalue weighted by molar-refractivity contribution is 6.21. The van der Waals surface area contributed by atoms with E-state index in [-0.39, 0.29) is 5.38 Å². The van der Waals surface area contributed by atoms with Crippen LogP contribution in [0.4, 0.5) is 0 Å². The highest BCUT2D eigenvalue weighted by atomic mass is 35.5. The lowest BCUT2D eigenvalue weighted by Crippen LogP contribution is -2.12. The molecule has 1 aromatic heterocycles. The minimum absolute atomic E-state index is 0.00760. The van der Waals surface area contributed by atoms with E-state index in [0.717, 1.165) is 24.4 Å². The summed E-state index contributed by atoms with van der Waals surface area (Å²) in [5.74, 6) is 1.33. The summed E-state index contributed by atoms with van der Waals surface area (Å²) in [6.07, 6.45) is 2.45. The maximum atomic E-state index is 6.51. The number of rotatable bonds is 5. The van der Waals surface area contributed by atoms with E-state index in [4.69, 9.17) is 11.6 Å². The largest absolute Gasteiger partial charge is 0.250 e. The standard InChI is InChI=1S/C14H18ClN3/c1-3-18-13(16-10-17-18)9-11(2)14(15)12-7-5-4-6-8-12/h4-8,10-11,14H,3,9H2,1-2H3. The molecule has 2 unspecified atom stereocenters. The van der Waals surface area contributed by atoms with Gasteiger partial charge in [-0.3, -0.25) is 4.68 Å². The molecule has 0 aliphatic heterocycles. The molecule has 0 aliphatic rings. The molecule has 0 saturated heterocycles. The number of halogens is 1. The molecule has 0 fully saturated rings. The quantitative estimate of drug-likeness (QED) is 0.774. The van der Waals surface area contributed by atoms with Gasteiger partial charge < -0.3 is 0 Å². The van der Waals surface area contributed by atoms with Crippen molar-refractivity contribution >= 4 is 11.6 Å². The molecule has 0 bridgehead atoms. The maximum Gasteiger partial charge on any atom is 0.138 e. The third-order valence-corrected chi connectivity index (χ3v) is 3.80. The van der Waals surface area contributed by atoms with Crippen LogP contribution in [-0.4, -0.2) is 14.8 Å². The molecule has 0 spiro atoms. The Morgan fingerprint density at radius 3 is 2.67 bits per heavy atom. The molecule has 2 rings (SSSR count). The normalized spacial score (nSPS) is 14.4. The zero-order valence-electron chi connectivity index (χ0n) is 10.8. The van der Waals surface area contributed by atoms with Gasteiger partial charge in [0, 0.05) is 13.0 Å². The molecular formula is C14H18ClN3. The van der Waals surface area contributed by atoms with Gasteiger partial charge in [-0.25, -0.2) is 4.98 Å². The molecule has 4 heteroatoms. The molecule has 0 saturated carbocycles. The predicted molar refractivity (Wildman–Crippen MR) is 73.6 cm³/mol. The van der Waals surface area contributed by atoms with Crippen molar-refractivity contribution in [3.8, 4) is 0 Å². The molecule has 18 heavy (non-hydrogen) atoms. The van der Waals surface area contributed by atoms with Crippen LogP contribution in [-0.2, 0) is 13.0 Å². The first-order chi connectivity index (χ1) is 8.72. The lowest BCUT2D eigenvalue weighted by Gasteiger charge is -2.18. The third-order valence-electron chi connectivity index (χ3n) is 3.12. The smallest absolute Gasteiger partial charge is 0.138 e. The van der Waals surface area contributed by atoms with Crippen LogP contribution in [0.2, 0.25) is 0 Å². The van der Waals surface area contributed by atoms with Gasteiger partial charge in [-0.15, -0.1) is 11.6 Å². The fraction of sp³-hybridized carbons (Fsp3) is 0.429. The van der Waals surface area contributed by atoms with Crippen molar-refractivity contribution in [2.45, 2.75) is 32.2 Å². The Kier molecular flexibility index (Phi) is 4.37. The van der Waals surface area contributed by atoms with Crippen molar-refractivity contribution in [3.05, 3.63) is 48.0 Å². The first-order valence-electron chi connectivity index (χ1n) is 6.28. The number of aryl methyl sites for hydroxylation is 1. The Morgan fingerprint density at radius 1 is 1.28 bits per heavy atom. The number of aromatic nitrogens is 3. The van der Waals surface area contributed by atoms with E-state index in [1.165, 1.54) is 0 Å². The first kappa shape index (κ1) is 13.1. The summed E-state index contributed by atoms with van der Waals surface area (Å²) in [5, 5.41) is 4.19. The summed E-state index contributed by atoms with van der Waals surface area (Å²) < 4.78 is 1.92. The number of nitrogens with zero attached hydrogens (tertiary/aromatic N) is 3. The predicted octanol–water partition coefficient (Wildman–Crippen LogP) is 3.46. The molecule has 96 valence electrons. The SMILES string of the molecule is CCn1ncnc1CC(C)C(Cl)c1ccccc1. The minimum atomic E-state index is 0.00760. The van der Waals surface area contributed by atoms with Crippen LogP contribution >= 0.6 is 11.6 Å². The summed E-state index contributed by atoms with van der Waals surface area (Å²) in [5.41, 5.74) is 1.16. The van der Waals surface area contributed by atoms with E-state index in [9.17, 15) is 0 Å². The summed E-state index contributed by atoms with van der Waals surface area (Å²) in [6, 6.07) is 10.2. The highest BCUT2D eigenvalue weighted by Crippen LogP contribution is 2.30. The Morgan fingerprint density at radius 2 is 2.00 bits per heavy atom. The van der Waals surface area contributed by atoms with E-state index >= 15 is 0 Å². The van der Waals surface area contributed by atoms with Crippen molar-refractivity contribution in [1.82, 2.24) is 14.8 Å². The van der Waals surface area contributed by atoms with Crippen molar-refractivity contribution in [2.24, 2.45) is 5.92 Å². The molecular weight excluding hydrogens is 246 g/mol. The molecule has 2 aromatic rings. The van der Waals surface area contributed by atoms with Gasteiger partial charge in [0.05, 0.1) is 5.38 Å². The third kappa shape index (κ3) is 2.91. The summed E-state index contributed by atoms with van der Waals surface area (Å²) >= 11 is 6.51. The molecule has 1 aromatic carbocycles. The summed E-state index contributed by atoms with van der Waals surface area (Å²) in [4.78, 5) is 4.30. The second kappa shape index (κ2) is 6.01. The molecule has 0 amide bonds. The van der Waals surface area contributed by atoms with Crippen molar-refractivity contribution in [3.63, 3.8) is 0 Å². The van der Waals surface area contributed by atoms with Crippen LogP contribution < -0.4 is 0 Å². The fourth-order valence-corrected chi connectivity index (χ4v) is 2.30. The van der Waals surface area contributed by atoms with Crippen LogP contribution in [0.1, 0.15) is 30.6 Å². The van der Waals surface area contributed by atoms with E-state index in [2.05, 4.69) is 36.1 Å². The second-order valence-corrected chi connectivity index (χ2v) is 4.96. The van der Waals surface area contributed by atoms with Gasteiger partial charge >= 0.3 is 0 Å². The molecule has 0 aliphatic carbocycles. The number of alkyl halides is 1. The summed E-state index contributed by atoms with van der Waals surface area (Å²) in [6.45, 7) is 5.07.